The number of aliphatic imine (C=N–C) groups is 1. The fraction of sp³-hybridized carbons (Fsp3) is 0.524. The third-order valence-corrected chi connectivity index (χ3v) is 5.92. The van der Waals surface area contributed by atoms with Gasteiger partial charge < -0.3 is 25.4 Å². The lowest BCUT2D eigenvalue weighted by Crippen LogP contribution is -2.39. The number of carboxylic acid groups (broad SMARTS) is 1. The van der Waals surface area contributed by atoms with Gasteiger partial charge in [-0.2, -0.15) is 5.10 Å². The summed E-state index contributed by atoms with van der Waals surface area (Å²) in [5.74, 6) is 0.411. The van der Waals surface area contributed by atoms with Crippen molar-refractivity contribution < 1.29 is 19.4 Å². The molecule has 2 saturated heterocycles. The minimum absolute atomic E-state index is 0.0447. The number of allylic oxidation sites excluding steroid dienone is 1. The van der Waals surface area contributed by atoms with E-state index in [0.29, 0.717) is 42.8 Å². The number of cyclic esters (lactones) is 1. The van der Waals surface area contributed by atoms with Crippen LogP contribution in [0.5, 0.6) is 0 Å². The Morgan fingerprint density at radius 3 is 2.81 bits per heavy atom. The van der Waals surface area contributed by atoms with E-state index in [1.165, 1.54) is 0 Å². The molecule has 1 aromatic heterocycles. The number of carbonyl (C=O) groups excluding carboxylic acids is 1. The SMILES string of the molecule is CC1=C(N2CCC(c3cc(CC(=O)O)[nH]n3)CC2)C=C(N2CCOC(=O)C2)N=C(N)C1. The van der Waals surface area contributed by atoms with Gasteiger partial charge in [-0.05, 0) is 31.4 Å². The van der Waals surface area contributed by atoms with Crippen LogP contribution < -0.4 is 5.73 Å². The lowest BCUT2D eigenvalue weighted by atomic mass is 9.92. The number of aromatic nitrogens is 2. The van der Waals surface area contributed by atoms with Gasteiger partial charge in [0.1, 0.15) is 24.8 Å². The second-order valence-electron chi connectivity index (χ2n) is 8.24. The molecule has 4 heterocycles. The number of morpholine rings is 1. The average Bonchev–Trinajstić information content (AvgIpc) is 3.12. The predicted octanol–water partition coefficient (Wildman–Crippen LogP) is 0.951. The summed E-state index contributed by atoms with van der Waals surface area (Å²) in [6, 6.07) is 1.87. The van der Waals surface area contributed by atoms with E-state index in [-0.39, 0.29) is 18.9 Å². The van der Waals surface area contributed by atoms with Crippen molar-refractivity contribution in [3.63, 3.8) is 0 Å². The summed E-state index contributed by atoms with van der Waals surface area (Å²) >= 11 is 0. The highest BCUT2D eigenvalue weighted by molar-refractivity contribution is 5.84. The molecular formula is C21H28N6O4. The van der Waals surface area contributed by atoms with E-state index in [1.807, 2.05) is 17.0 Å². The molecular weight excluding hydrogens is 400 g/mol. The molecule has 0 bridgehead atoms. The number of carbonyl (C=O) groups is 2. The van der Waals surface area contributed by atoms with Gasteiger partial charge in [-0.15, -0.1) is 0 Å². The molecule has 10 nitrogen and oxygen atoms in total. The standard InChI is InChI=1S/C21H28N6O4/c1-13-8-18(22)23-19(27-6-7-31-21(30)12-27)11-17(13)26-4-2-14(3-5-26)16-9-15(24-25-16)10-20(28)29/h9,11,14H,2-8,10,12H2,1H3,(H2,22,23)(H,24,25)(H,28,29). The number of hydrogen-bond donors (Lipinski definition) is 3. The first-order valence-corrected chi connectivity index (χ1v) is 10.5. The molecule has 0 aliphatic carbocycles. The minimum Gasteiger partial charge on any atom is -0.481 e. The van der Waals surface area contributed by atoms with Crippen molar-refractivity contribution in [3.05, 3.63) is 40.6 Å². The molecule has 10 heteroatoms. The number of likely N-dealkylation sites (tertiary alicyclic amines) is 1. The predicted molar refractivity (Wildman–Crippen MR) is 113 cm³/mol. The van der Waals surface area contributed by atoms with Gasteiger partial charge in [-0.25, -0.2) is 4.99 Å². The first kappa shape index (κ1) is 21.0. The zero-order valence-corrected chi connectivity index (χ0v) is 17.6. The lowest BCUT2D eigenvalue weighted by Gasteiger charge is -2.35. The minimum atomic E-state index is -0.869. The molecule has 3 aliphatic heterocycles. The molecule has 0 aromatic carbocycles. The molecule has 0 unspecified atom stereocenters. The summed E-state index contributed by atoms with van der Waals surface area (Å²) in [6.45, 7) is 4.89. The Kier molecular flexibility index (Phi) is 5.97. The summed E-state index contributed by atoms with van der Waals surface area (Å²) in [4.78, 5) is 31.4. The third kappa shape index (κ3) is 4.89. The third-order valence-electron chi connectivity index (χ3n) is 5.92. The number of aromatic amines is 1. The zero-order chi connectivity index (χ0) is 22.0. The number of nitrogens with zero attached hydrogens (tertiary/aromatic N) is 4. The van der Waals surface area contributed by atoms with Gasteiger partial charge in [-0.1, -0.05) is 0 Å². The molecule has 3 aliphatic rings. The molecule has 0 spiro atoms. The first-order chi connectivity index (χ1) is 14.9. The Labute approximate surface area is 180 Å². The summed E-state index contributed by atoms with van der Waals surface area (Å²) in [5.41, 5.74) is 9.96. The van der Waals surface area contributed by atoms with E-state index in [2.05, 4.69) is 27.0 Å². The Bertz CT molecular complexity index is 955. The van der Waals surface area contributed by atoms with Crippen LogP contribution in [-0.4, -0.2) is 75.7 Å². The van der Waals surface area contributed by atoms with Crippen molar-refractivity contribution in [2.75, 3.05) is 32.8 Å². The number of esters is 1. The Hall–Kier alpha value is -3.30. The van der Waals surface area contributed by atoms with Crippen LogP contribution >= 0.6 is 0 Å². The van der Waals surface area contributed by atoms with Gasteiger partial charge in [0, 0.05) is 42.9 Å². The molecule has 4 rings (SSSR count). The second-order valence-corrected chi connectivity index (χ2v) is 8.24. The highest BCUT2D eigenvalue weighted by Crippen LogP contribution is 2.31. The maximum absolute atomic E-state index is 11.7. The summed E-state index contributed by atoms with van der Waals surface area (Å²) in [5, 5.41) is 16.1. The van der Waals surface area contributed by atoms with Crippen molar-refractivity contribution in [2.45, 2.75) is 38.5 Å². The maximum atomic E-state index is 11.7. The fourth-order valence-corrected chi connectivity index (χ4v) is 4.35. The van der Waals surface area contributed by atoms with E-state index in [9.17, 15) is 9.59 Å². The molecule has 0 amide bonds. The smallest absolute Gasteiger partial charge is 0.325 e. The number of nitrogens with one attached hydrogen (secondary N) is 1. The topological polar surface area (TPSA) is 137 Å². The van der Waals surface area contributed by atoms with E-state index in [1.54, 1.807) is 0 Å². The van der Waals surface area contributed by atoms with Crippen molar-refractivity contribution >= 4 is 17.8 Å². The van der Waals surface area contributed by atoms with Crippen LogP contribution in [0.15, 0.2) is 34.2 Å². The highest BCUT2D eigenvalue weighted by Gasteiger charge is 2.27. The lowest BCUT2D eigenvalue weighted by molar-refractivity contribution is -0.149. The quantitative estimate of drug-likeness (QED) is 0.590. The Morgan fingerprint density at radius 2 is 2.10 bits per heavy atom. The van der Waals surface area contributed by atoms with Crippen LogP contribution in [0.4, 0.5) is 0 Å². The largest absolute Gasteiger partial charge is 0.481 e. The summed E-state index contributed by atoms with van der Waals surface area (Å²) in [6.07, 6.45) is 4.42. The molecule has 4 N–H and O–H groups in total. The van der Waals surface area contributed by atoms with E-state index >= 15 is 0 Å². The van der Waals surface area contributed by atoms with Crippen molar-refractivity contribution in [3.8, 4) is 0 Å². The van der Waals surface area contributed by atoms with Crippen molar-refractivity contribution in [1.29, 1.82) is 0 Å². The molecule has 0 radical (unpaired) electrons. The molecule has 2 fully saturated rings. The molecule has 1 aromatic rings. The number of aliphatic carboxylic acids is 1. The van der Waals surface area contributed by atoms with E-state index in [0.717, 1.165) is 42.9 Å². The monoisotopic (exact) mass is 428 g/mol. The van der Waals surface area contributed by atoms with Crippen LogP contribution in [0.25, 0.3) is 0 Å². The van der Waals surface area contributed by atoms with Crippen LogP contribution in [0.3, 0.4) is 0 Å². The summed E-state index contributed by atoms with van der Waals surface area (Å²) in [7, 11) is 0. The van der Waals surface area contributed by atoms with Gasteiger partial charge in [0.25, 0.3) is 0 Å². The van der Waals surface area contributed by atoms with Crippen LogP contribution in [0, 0.1) is 0 Å². The summed E-state index contributed by atoms with van der Waals surface area (Å²) < 4.78 is 5.05. The number of piperidine rings is 1. The van der Waals surface area contributed by atoms with Crippen molar-refractivity contribution in [2.24, 2.45) is 10.7 Å². The number of carboxylic acids is 1. The fourth-order valence-electron chi connectivity index (χ4n) is 4.35. The van der Waals surface area contributed by atoms with Gasteiger partial charge in [0.15, 0.2) is 0 Å². The number of nitrogens with two attached hydrogens (primary N) is 1. The zero-order valence-electron chi connectivity index (χ0n) is 17.6. The number of amidine groups is 1. The van der Waals surface area contributed by atoms with E-state index < -0.39 is 5.97 Å². The van der Waals surface area contributed by atoms with E-state index in [4.69, 9.17) is 15.6 Å². The first-order valence-electron chi connectivity index (χ1n) is 10.5. The number of hydrogen-bond acceptors (Lipinski definition) is 8. The number of rotatable bonds is 5. The number of H-pyrrole nitrogens is 1. The van der Waals surface area contributed by atoms with Gasteiger partial charge in [0.2, 0.25) is 0 Å². The highest BCUT2D eigenvalue weighted by atomic mass is 16.5. The van der Waals surface area contributed by atoms with Gasteiger partial charge in [-0.3, -0.25) is 14.7 Å². The molecule has 0 saturated carbocycles. The average molecular weight is 428 g/mol. The van der Waals surface area contributed by atoms with Gasteiger partial charge in [0.05, 0.1) is 18.7 Å². The maximum Gasteiger partial charge on any atom is 0.325 e. The van der Waals surface area contributed by atoms with Crippen molar-refractivity contribution in [1.82, 2.24) is 20.0 Å². The number of ether oxygens (including phenoxy) is 1. The Balaban J connectivity index is 1.46. The molecule has 31 heavy (non-hydrogen) atoms. The van der Waals surface area contributed by atoms with Crippen LogP contribution in [-0.2, 0) is 20.7 Å². The Morgan fingerprint density at radius 1 is 1.32 bits per heavy atom. The van der Waals surface area contributed by atoms with Crippen LogP contribution in [0.1, 0.15) is 43.5 Å². The van der Waals surface area contributed by atoms with Crippen LogP contribution in [0.2, 0.25) is 0 Å². The normalized spacial score (nSPS) is 20.9. The molecule has 0 atom stereocenters. The molecule has 166 valence electrons. The second kappa shape index (κ2) is 8.83. The van der Waals surface area contributed by atoms with Gasteiger partial charge >= 0.3 is 11.9 Å².